The van der Waals surface area contributed by atoms with E-state index in [2.05, 4.69) is 83.7 Å². The summed E-state index contributed by atoms with van der Waals surface area (Å²) < 4.78 is 12.3. The van der Waals surface area contributed by atoms with Crippen molar-refractivity contribution in [2.75, 3.05) is 26.3 Å². The van der Waals surface area contributed by atoms with E-state index in [1.807, 2.05) is 0 Å². The molecule has 1 aromatic carbocycles. The van der Waals surface area contributed by atoms with Crippen LogP contribution in [0.3, 0.4) is 0 Å². The molecule has 0 amide bonds. The SMILES string of the molecule is C/C=C(\c1ccc(O[Si](C(C)C)(C(C)C)C(C)C)cc1)N1CCOCC1. The average molecular weight is 376 g/mol. The molecule has 0 radical (unpaired) electrons. The lowest BCUT2D eigenvalue weighted by Gasteiger charge is -2.42. The molecule has 0 atom stereocenters. The Kier molecular flexibility index (Phi) is 7.36. The summed E-state index contributed by atoms with van der Waals surface area (Å²) in [6, 6.07) is 8.74. The van der Waals surface area contributed by atoms with Gasteiger partial charge in [-0.15, -0.1) is 0 Å². The fourth-order valence-electron chi connectivity index (χ4n) is 4.59. The average Bonchev–Trinajstić information content (AvgIpc) is 2.61. The number of morpholine rings is 1. The van der Waals surface area contributed by atoms with E-state index in [1.165, 1.54) is 11.3 Å². The predicted molar refractivity (Wildman–Crippen MR) is 114 cm³/mol. The first-order valence-corrected chi connectivity index (χ1v) is 12.2. The minimum absolute atomic E-state index is 0.585. The molecule has 1 fully saturated rings. The minimum Gasteiger partial charge on any atom is -0.543 e. The molecule has 2 rings (SSSR count). The van der Waals surface area contributed by atoms with Crippen LogP contribution in [0, 0.1) is 0 Å². The molecule has 26 heavy (non-hydrogen) atoms. The summed E-state index contributed by atoms with van der Waals surface area (Å²) in [5.41, 5.74) is 4.30. The summed E-state index contributed by atoms with van der Waals surface area (Å²) in [4.78, 5) is 2.41. The first-order valence-electron chi connectivity index (χ1n) is 10.1. The van der Waals surface area contributed by atoms with Gasteiger partial charge in [0.25, 0.3) is 8.32 Å². The fourth-order valence-corrected chi connectivity index (χ4v) is 9.84. The molecular formula is C22H37NO2Si. The van der Waals surface area contributed by atoms with Gasteiger partial charge in [-0.2, -0.15) is 0 Å². The van der Waals surface area contributed by atoms with Gasteiger partial charge >= 0.3 is 0 Å². The lowest BCUT2D eigenvalue weighted by molar-refractivity contribution is 0.0639. The highest BCUT2D eigenvalue weighted by atomic mass is 28.4. The Balaban J connectivity index is 2.22. The Bertz CT molecular complexity index is 565. The second kappa shape index (κ2) is 9.09. The van der Waals surface area contributed by atoms with Crippen molar-refractivity contribution in [3.05, 3.63) is 35.9 Å². The molecule has 0 unspecified atom stereocenters. The van der Waals surface area contributed by atoms with Crippen molar-refractivity contribution in [2.45, 2.75) is 65.1 Å². The van der Waals surface area contributed by atoms with Crippen LogP contribution in [-0.4, -0.2) is 39.5 Å². The van der Waals surface area contributed by atoms with Gasteiger partial charge in [-0.3, -0.25) is 0 Å². The van der Waals surface area contributed by atoms with Crippen LogP contribution in [0.5, 0.6) is 5.75 Å². The first kappa shape index (κ1) is 21.0. The van der Waals surface area contributed by atoms with Crippen LogP contribution in [0.15, 0.2) is 30.3 Å². The van der Waals surface area contributed by atoms with Crippen LogP contribution in [0.25, 0.3) is 5.70 Å². The highest BCUT2D eigenvalue weighted by Crippen LogP contribution is 2.42. The first-order chi connectivity index (χ1) is 12.3. The third kappa shape index (κ3) is 4.34. The van der Waals surface area contributed by atoms with Crippen LogP contribution in [-0.2, 0) is 4.74 Å². The van der Waals surface area contributed by atoms with E-state index in [1.54, 1.807) is 0 Å². The van der Waals surface area contributed by atoms with E-state index in [-0.39, 0.29) is 0 Å². The fraction of sp³-hybridized carbons (Fsp3) is 0.636. The van der Waals surface area contributed by atoms with Crippen molar-refractivity contribution in [2.24, 2.45) is 0 Å². The molecule has 0 saturated carbocycles. The van der Waals surface area contributed by atoms with Crippen molar-refractivity contribution >= 4 is 14.0 Å². The lowest BCUT2D eigenvalue weighted by Crippen LogP contribution is -2.50. The van der Waals surface area contributed by atoms with Gasteiger partial charge in [-0.1, -0.05) is 47.6 Å². The summed E-state index contributed by atoms with van der Waals surface area (Å²) in [7, 11) is -1.90. The highest BCUT2D eigenvalue weighted by molar-refractivity contribution is 6.78. The molecule has 1 heterocycles. The predicted octanol–water partition coefficient (Wildman–Crippen LogP) is 5.93. The molecule has 146 valence electrons. The molecule has 4 heteroatoms. The van der Waals surface area contributed by atoms with Crippen molar-refractivity contribution in [1.29, 1.82) is 0 Å². The summed E-state index contributed by atoms with van der Waals surface area (Å²) in [6.07, 6.45) is 2.20. The third-order valence-electron chi connectivity index (χ3n) is 5.78. The summed E-state index contributed by atoms with van der Waals surface area (Å²) in [6.45, 7) is 19.6. The Hall–Kier alpha value is -1.26. The zero-order valence-electron chi connectivity index (χ0n) is 17.7. The molecule has 0 aliphatic carbocycles. The zero-order valence-corrected chi connectivity index (χ0v) is 18.7. The van der Waals surface area contributed by atoms with Crippen LogP contribution in [0.1, 0.15) is 54.0 Å². The minimum atomic E-state index is -1.90. The molecule has 3 nitrogen and oxygen atoms in total. The number of nitrogens with zero attached hydrogens (tertiary/aromatic N) is 1. The molecule has 1 aliphatic heterocycles. The molecular weight excluding hydrogens is 338 g/mol. The molecule has 0 spiro atoms. The van der Waals surface area contributed by atoms with Gasteiger partial charge in [-0.25, -0.2) is 0 Å². The number of hydrogen-bond acceptors (Lipinski definition) is 3. The van der Waals surface area contributed by atoms with E-state index in [0.717, 1.165) is 32.1 Å². The van der Waals surface area contributed by atoms with Crippen molar-refractivity contribution < 1.29 is 9.16 Å². The van der Waals surface area contributed by atoms with E-state index in [9.17, 15) is 0 Å². The topological polar surface area (TPSA) is 21.7 Å². The molecule has 0 bridgehead atoms. The van der Waals surface area contributed by atoms with Crippen LogP contribution < -0.4 is 4.43 Å². The summed E-state index contributed by atoms with van der Waals surface area (Å²) in [5.74, 6) is 1.02. The van der Waals surface area contributed by atoms with Crippen LogP contribution >= 0.6 is 0 Å². The van der Waals surface area contributed by atoms with Gasteiger partial charge < -0.3 is 14.1 Å². The largest absolute Gasteiger partial charge is 0.543 e. The van der Waals surface area contributed by atoms with Crippen LogP contribution in [0.2, 0.25) is 16.6 Å². The number of ether oxygens (including phenoxy) is 1. The smallest absolute Gasteiger partial charge is 0.258 e. The van der Waals surface area contributed by atoms with E-state index < -0.39 is 8.32 Å². The zero-order chi connectivity index (χ0) is 19.3. The summed E-state index contributed by atoms with van der Waals surface area (Å²) >= 11 is 0. The van der Waals surface area contributed by atoms with E-state index in [0.29, 0.717) is 16.6 Å². The van der Waals surface area contributed by atoms with Crippen molar-refractivity contribution in [1.82, 2.24) is 4.90 Å². The van der Waals surface area contributed by atoms with Gasteiger partial charge in [0.05, 0.1) is 13.2 Å². The van der Waals surface area contributed by atoms with Gasteiger partial charge in [0, 0.05) is 18.8 Å². The van der Waals surface area contributed by atoms with Gasteiger partial charge in [0.2, 0.25) is 0 Å². The number of hydrogen-bond donors (Lipinski definition) is 0. The van der Waals surface area contributed by atoms with Crippen LogP contribution in [0.4, 0.5) is 0 Å². The Morgan fingerprint density at radius 2 is 1.46 bits per heavy atom. The Morgan fingerprint density at radius 1 is 0.962 bits per heavy atom. The van der Waals surface area contributed by atoms with Gasteiger partial charge in [0.15, 0.2) is 0 Å². The standard InChI is InChI=1S/C22H37NO2Si/c1-8-22(23-13-15-24-16-14-23)20-9-11-21(12-10-20)25-26(17(2)3,18(4)5)19(6)7/h8-12,17-19H,13-16H2,1-7H3/b22-8+. The third-order valence-corrected chi connectivity index (χ3v) is 11.8. The molecule has 0 aromatic heterocycles. The van der Waals surface area contributed by atoms with Crippen molar-refractivity contribution in [3.8, 4) is 5.75 Å². The summed E-state index contributed by atoms with van der Waals surface area (Å²) in [5, 5.41) is 0. The van der Waals surface area contributed by atoms with E-state index in [4.69, 9.17) is 9.16 Å². The maximum atomic E-state index is 6.79. The second-order valence-electron chi connectivity index (χ2n) is 8.22. The highest BCUT2D eigenvalue weighted by Gasteiger charge is 2.46. The lowest BCUT2D eigenvalue weighted by atomic mass is 10.1. The van der Waals surface area contributed by atoms with E-state index >= 15 is 0 Å². The quantitative estimate of drug-likeness (QED) is 0.551. The van der Waals surface area contributed by atoms with Crippen molar-refractivity contribution in [3.63, 3.8) is 0 Å². The van der Waals surface area contributed by atoms with Gasteiger partial charge in [-0.05, 0) is 53.4 Å². The normalized spacial score (nSPS) is 16.7. The number of benzene rings is 1. The van der Waals surface area contributed by atoms with Gasteiger partial charge in [0.1, 0.15) is 5.75 Å². The molecule has 1 aromatic rings. The maximum absolute atomic E-state index is 6.79. The molecule has 1 saturated heterocycles. The molecule has 0 N–H and O–H groups in total. The Morgan fingerprint density at radius 3 is 1.88 bits per heavy atom. The number of rotatable bonds is 7. The molecule has 1 aliphatic rings. The monoisotopic (exact) mass is 375 g/mol. The number of allylic oxidation sites excluding steroid dienone is 1. The second-order valence-corrected chi connectivity index (χ2v) is 13.6. The maximum Gasteiger partial charge on any atom is 0.258 e. The Labute approximate surface area is 161 Å².